The van der Waals surface area contributed by atoms with E-state index < -0.39 is 0 Å². The van der Waals surface area contributed by atoms with E-state index in [0.29, 0.717) is 55.6 Å². The largest absolute Gasteiger partial charge is 0.494 e. The van der Waals surface area contributed by atoms with E-state index in [1.165, 1.54) is 0 Å². The lowest BCUT2D eigenvalue weighted by atomic mass is 10.2. The van der Waals surface area contributed by atoms with E-state index in [4.69, 9.17) is 13.9 Å². The van der Waals surface area contributed by atoms with Crippen molar-refractivity contribution in [1.82, 2.24) is 4.98 Å². The number of morpholine rings is 1. The average molecular weight is 276 g/mol. The van der Waals surface area contributed by atoms with Crippen LogP contribution in [0.15, 0.2) is 27.4 Å². The molecule has 106 valence electrons. The Balaban J connectivity index is 2.01. The third-order valence-corrected chi connectivity index (χ3v) is 3.17. The first-order valence-corrected chi connectivity index (χ1v) is 6.68. The predicted molar refractivity (Wildman–Crippen MR) is 74.5 cm³/mol. The summed E-state index contributed by atoms with van der Waals surface area (Å²) >= 11 is 0. The molecule has 1 aliphatic heterocycles. The second kappa shape index (κ2) is 5.50. The number of fused-ring (bicyclic) bond motifs is 1. The number of ether oxygens (including phenoxy) is 2. The predicted octanol–water partition coefficient (Wildman–Crippen LogP) is 1.42. The highest BCUT2D eigenvalue weighted by Crippen LogP contribution is 2.21. The molecule has 0 bridgehead atoms. The quantitative estimate of drug-likeness (QED) is 0.845. The average Bonchev–Trinajstić information content (AvgIpc) is 2.49. The molecule has 2 aromatic rings. The number of hydrogen-bond donors (Lipinski definition) is 0. The number of hydrogen-bond acceptors (Lipinski definition) is 6. The fraction of sp³-hybridized carbons (Fsp3) is 0.429. The molecule has 0 saturated carbocycles. The molecule has 6 nitrogen and oxygen atoms in total. The van der Waals surface area contributed by atoms with Gasteiger partial charge in [0.05, 0.1) is 25.2 Å². The SMILES string of the molecule is CCOc1ccc2oc(N3CCOCC3)nc(=O)c2c1. The third-order valence-electron chi connectivity index (χ3n) is 3.17. The van der Waals surface area contributed by atoms with E-state index in [1.807, 2.05) is 11.8 Å². The Kier molecular flexibility index (Phi) is 3.56. The van der Waals surface area contributed by atoms with Crippen LogP contribution in [0.5, 0.6) is 5.75 Å². The lowest BCUT2D eigenvalue weighted by Gasteiger charge is -2.25. The van der Waals surface area contributed by atoms with Gasteiger partial charge in [-0.25, -0.2) is 0 Å². The van der Waals surface area contributed by atoms with E-state index in [-0.39, 0.29) is 5.56 Å². The second-order valence-corrected chi connectivity index (χ2v) is 4.49. The Morgan fingerprint density at radius 3 is 2.90 bits per heavy atom. The summed E-state index contributed by atoms with van der Waals surface area (Å²) in [7, 11) is 0. The highest BCUT2D eigenvalue weighted by molar-refractivity contribution is 5.77. The molecule has 20 heavy (non-hydrogen) atoms. The summed E-state index contributed by atoms with van der Waals surface area (Å²) in [6.07, 6.45) is 0. The van der Waals surface area contributed by atoms with Gasteiger partial charge in [0.15, 0.2) is 0 Å². The molecule has 2 heterocycles. The van der Waals surface area contributed by atoms with Crippen LogP contribution in [0.4, 0.5) is 6.01 Å². The summed E-state index contributed by atoms with van der Waals surface area (Å²) in [5.74, 6) is 0.647. The molecular weight excluding hydrogens is 260 g/mol. The van der Waals surface area contributed by atoms with Crippen molar-refractivity contribution < 1.29 is 13.9 Å². The molecular formula is C14H16N2O4. The minimum Gasteiger partial charge on any atom is -0.494 e. The van der Waals surface area contributed by atoms with Crippen molar-refractivity contribution in [3.63, 3.8) is 0 Å². The monoisotopic (exact) mass is 276 g/mol. The van der Waals surface area contributed by atoms with Crippen LogP contribution < -0.4 is 15.2 Å². The van der Waals surface area contributed by atoms with Crippen LogP contribution in [0.3, 0.4) is 0 Å². The first-order chi connectivity index (χ1) is 9.78. The van der Waals surface area contributed by atoms with Crippen molar-refractivity contribution in [2.45, 2.75) is 6.92 Å². The normalized spacial score (nSPS) is 15.6. The van der Waals surface area contributed by atoms with Crippen LogP contribution in [0.25, 0.3) is 11.0 Å². The topological polar surface area (TPSA) is 64.8 Å². The Morgan fingerprint density at radius 1 is 1.35 bits per heavy atom. The van der Waals surface area contributed by atoms with E-state index in [2.05, 4.69) is 4.98 Å². The van der Waals surface area contributed by atoms with Gasteiger partial charge >= 0.3 is 6.01 Å². The summed E-state index contributed by atoms with van der Waals surface area (Å²) < 4.78 is 16.4. The smallest absolute Gasteiger partial charge is 0.301 e. The van der Waals surface area contributed by atoms with Crippen molar-refractivity contribution in [3.8, 4) is 5.75 Å². The van der Waals surface area contributed by atoms with E-state index in [9.17, 15) is 4.79 Å². The molecule has 1 fully saturated rings. The number of nitrogens with zero attached hydrogens (tertiary/aromatic N) is 2. The number of benzene rings is 1. The van der Waals surface area contributed by atoms with Crippen molar-refractivity contribution in [2.24, 2.45) is 0 Å². The minimum atomic E-state index is -0.297. The molecule has 0 spiro atoms. The molecule has 0 N–H and O–H groups in total. The van der Waals surface area contributed by atoms with E-state index in [0.717, 1.165) is 0 Å². The van der Waals surface area contributed by atoms with Gasteiger partial charge in [0.2, 0.25) is 0 Å². The Hall–Kier alpha value is -2.08. The first kappa shape index (κ1) is 12.9. The van der Waals surface area contributed by atoms with Gasteiger partial charge in [0.25, 0.3) is 5.56 Å². The molecule has 1 saturated heterocycles. The van der Waals surface area contributed by atoms with Gasteiger partial charge in [-0.3, -0.25) is 4.79 Å². The van der Waals surface area contributed by atoms with Gasteiger partial charge in [-0.05, 0) is 25.1 Å². The summed E-state index contributed by atoms with van der Waals surface area (Å²) in [6, 6.07) is 5.56. The Morgan fingerprint density at radius 2 is 2.15 bits per heavy atom. The van der Waals surface area contributed by atoms with Crippen molar-refractivity contribution in [1.29, 1.82) is 0 Å². The van der Waals surface area contributed by atoms with Gasteiger partial charge in [0.1, 0.15) is 11.3 Å². The van der Waals surface area contributed by atoms with Gasteiger partial charge in [-0.1, -0.05) is 0 Å². The van der Waals surface area contributed by atoms with Gasteiger partial charge in [-0.15, -0.1) is 0 Å². The van der Waals surface area contributed by atoms with Crippen LogP contribution in [0.2, 0.25) is 0 Å². The molecule has 0 radical (unpaired) electrons. The van der Waals surface area contributed by atoms with Crippen LogP contribution in [-0.4, -0.2) is 37.9 Å². The van der Waals surface area contributed by atoms with Gasteiger partial charge < -0.3 is 18.8 Å². The third kappa shape index (κ3) is 2.46. The maximum Gasteiger partial charge on any atom is 0.301 e. The minimum absolute atomic E-state index is 0.297. The molecule has 0 amide bonds. The first-order valence-electron chi connectivity index (χ1n) is 6.68. The molecule has 1 aromatic carbocycles. The van der Waals surface area contributed by atoms with E-state index in [1.54, 1.807) is 18.2 Å². The molecule has 0 atom stereocenters. The second-order valence-electron chi connectivity index (χ2n) is 4.49. The zero-order valence-corrected chi connectivity index (χ0v) is 11.3. The maximum atomic E-state index is 12.1. The van der Waals surface area contributed by atoms with Crippen molar-refractivity contribution in [2.75, 3.05) is 37.8 Å². The summed E-state index contributed by atoms with van der Waals surface area (Å²) in [6.45, 7) is 5.04. The molecule has 3 rings (SSSR count). The molecule has 0 aliphatic carbocycles. The van der Waals surface area contributed by atoms with Gasteiger partial charge in [-0.2, -0.15) is 4.98 Å². The summed E-state index contributed by atoms with van der Waals surface area (Å²) in [4.78, 5) is 18.1. The number of anilines is 1. The summed E-state index contributed by atoms with van der Waals surface area (Å²) in [5.41, 5.74) is 0.226. The lowest BCUT2D eigenvalue weighted by molar-refractivity contribution is 0.120. The number of aromatic nitrogens is 1. The lowest BCUT2D eigenvalue weighted by Crippen LogP contribution is -2.37. The van der Waals surface area contributed by atoms with Crippen molar-refractivity contribution >= 4 is 17.0 Å². The fourth-order valence-electron chi connectivity index (χ4n) is 2.18. The molecule has 0 unspecified atom stereocenters. The fourth-order valence-corrected chi connectivity index (χ4v) is 2.18. The van der Waals surface area contributed by atoms with Crippen LogP contribution in [0.1, 0.15) is 6.92 Å². The van der Waals surface area contributed by atoms with Crippen LogP contribution in [0, 0.1) is 0 Å². The number of rotatable bonds is 3. The molecule has 1 aromatic heterocycles. The molecule has 6 heteroatoms. The molecule has 1 aliphatic rings. The highest BCUT2D eigenvalue weighted by atomic mass is 16.5. The Bertz CT molecular complexity index is 662. The Labute approximate surface area is 115 Å². The van der Waals surface area contributed by atoms with Crippen LogP contribution >= 0.6 is 0 Å². The summed E-state index contributed by atoms with van der Waals surface area (Å²) in [5, 5.41) is 0.438. The zero-order chi connectivity index (χ0) is 13.9. The maximum absolute atomic E-state index is 12.1. The zero-order valence-electron chi connectivity index (χ0n) is 11.3. The van der Waals surface area contributed by atoms with Crippen LogP contribution in [-0.2, 0) is 4.74 Å². The standard InChI is InChI=1S/C14H16N2O4/c1-2-19-10-3-4-12-11(9-10)13(17)15-14(20-12)16-5-7-18-8-6-16/h3-4,9H,2,5-8H2,1H3. The highest BCUT2D eigenvalue weighted by Gasteiger charge is 2.17. The van der Waals surface area contributed by atoms with Gasteiger partial charge in [0, 0.05) is 13.1 Å². The van der Waals surface area contributed by atoms with Crippen molar-refractivity contribution in [3.05, 3.63) is 28.6 Å². The van der Waals surface area contributed by atoms with E-state index >= 15 is 0 Å².